The average Bonchev–Trinajstić information content (AvgIpc) is 2.74. The first kappa shape index (κ1) is 20.5. The molecule has 0 unspecified atom stereocenters. The zero-order valence-electron chi connectivity index (χ0n) is 15.7. The highest BCUT2D eigenvalue weighted by atomic mass is 16.4. The summed E-state index contributed by atoms with van der Waals surface area (Å²) in [4.78, 5) is 46.8. The van der Waals surface area contributed by atoms with E-state index < -0.39 is 17.8 Å². The van der Waals surface area contributed by atoms with Gasteiger partial charge in [0.1, 0.15) is 0 Å². The van der Waals surface area contributed by atoms with E-state index in [-0.39, 0.29) is 28.9 Å². The number of carbonyl (C=O) groups excluding carboxylic acids is 2. The number of ketones is 1. The largest absolute Gasteiger partial charge is 0.478 e. The van der Waals surface area contributed by atoms with Crippen molar-refractivity contribution in [2.75, 3.05) is 5.32 Å². The first-order valence-electron chi connectivity index (χ1n) is 8.93. The summed E-state index contributed by atoms with van der Waals surface area (Å²) >= 11 is 0. The predicted molar refractivity (Wildman–Crippen MR) is 109 cm³/mol. The van der Waals surface area contributed by atoms with E-state index in [2.05, 4.69) is 5.32 Å². The minimum Gasteiger partial charge on any atom is -0.478 e. The van der Waals surface area contributed by atoms with Crippen molar-refractivity contribution in [1.29, 1.82) is 0 Å². The minimum atomic E-state index is -1.06. The Morgan fingerprint density at radius 2 is 1.20 bits per heavy atom. The van der Waals surface area contributed by atoms with Crippen LogP contribution in [0, 0.1) is 0 Å². The number of carbonyl (C=O) groups is 4. The molecule has 3 aromatic rings. The van der Waals surface area contributed by atoms with Gasteiger partial charge in [0.25, 0.3) is 5.91 Å². The third-order valence-corrected chi connectivity index (χ3v) is 4.40. The molecular formula is C23H17NO6. The van der Waals surface area contributed by atoms with Crippen molar-refractivity contribution in [1.82, 2.24) is 0 Å². The maximum absolute atomic E-state index is 12.6. The van der Waals surface area contributed by atoms with Crippen molar-refractivity contribution in [2.24, 2.45) is 0 Å². The van der Waals surface area contributed by atoms with E-state index in [9.17, 15) is 19.2 Å². The van der Waals surface area contributed by atoms with E-state index in [0.29, 0.717) is 16.8 Å². The van der Waals surface area contributed by atoms with E-state index in [1.54, 1.807) is 30.3 Å². The van der Waals surface area contributed by atoms with Crippen LogP contribution in [0.25, 0.3) is 0 Å². The highest BCUT2D eigenvalue weighted by Crippen LogP contribution is 2.14. The summed E-state index contributed by atoms with van der Waals surface area (Å²) in [6, 6.07) is 18.0. The Morgan fingerprint density at radius 1 is 0.667 bits per heavy atom. The predicted octanol–water partition coefficient (Wildman–Crippen LogP) is 3.76. The SMILES string of the molecule is O=C(O)c1ccc(CC(=O)c2cccc(C(=O)Nc3ccc(C(=O)O)cc3)c2)cc1. The summed E-state index contributed by atoms with van der Waals surface area (Å²) in [5.74, 6) is -2.74. The van der Waals surface area contributed by atoms with Crippen LogP contribution >= 0.6 is 0 Å². The lowest BCUT2D eigenvalue weighted by Gasteiger charge is -2.08. The molecule has 30 heavy (non-hydrogen) atoms. The van der Waals surface area contributed by atoms with Crippen molar-refractivity contribution in [3.8, 4) is 0 Å². The number of nitrogens with one attached hydrogen (secondary N) is 1. The number of hydrogen-bond acceptors (Lipinski definition) is 4. The lowest BCUT2D eigenvalue weighted by Crippen LogP contribution is -2.13. The number of rotatable bonds is 7. The van der Waals surface area contributed by atoms with Gasteiger partial charge in [-0.25, -0.2) is 9.59 Å². The number of aromatic carboxylic acids is 2. The van der Waals surface area contributed by atoms with Crippen LogP contribution in [0.3, 0.4) is 0 Å². The van der Waals surface area contributed by atoms with Gasteiger partial charge in [-0.2, -0.15) is 0 Å². The van der Waals surface area contributed by atoms with E-state index in [4.69, 9.17) is 10.2 Å². The average molecular weight is 403 g/mol. The molecule has 0 atom stereocenters. The summed E-state index contributed by atoms with van der Waals surface area (Å²) < 4.78 is 0. The van der Waals surface area contributed by atoms with Crippen LogP contribution in [0.15, 0.2) is 72.8 Å². The van der Waals surface area contributed by atoms with Gasteiger partial charge in [-0.1, -0.05) is 24.3 Å². The molecule has 0 heterocycles. The second kappa shape index (κ2) is 8.83. The first-order valence-corrected chi connectivity index (χ1v) is 8.93. The smallest absolute Gasteiger partial charge is 0.335 e. The van der Waals surface area contributed by atoms with Gasteiger partial charge < -0.3 is 15.5 Å². The Balaban J connectivity index is 1.69. The van der Waals surface area contributed by atoms with Crippen LogP contribution in [-0.2, 0) is 6.42 Å². The third-order valence-electron chi connectivity index (χ3n) is 4.40. The maximum Gasteiger partial charge on any atom is 0.335 e. The van der Waals surface area contributed by atoms with Crippen LogP contribution in [0.4, 0.5) is 5.69 Å². The molecule has 7 nitrogen and oxygen atoms in total. The van der Waals surface area contributed by atoms with Crippen molar-refractivity contribution < 1.29 is 29.4 Å². The standard InChI is InChI=1S/C23H17NO6/c25-20(12-14-4-6-15(7-5-14)22(27)28)17-2-1-3-18(13-17)21(26)24-19-10-8-16(9-11-19)23(29)30/h1-11,13H,12H2,(H,24,26)(H,27,28)(H,29,30). The zero-order valence-corrected chi connectivity index (χ0v) is 15.7. The fourth-order valence-corrected chi connectivity index (χ4v) is 2.79. The lowest BCUT2D eigenvalue weighted by atomic mass is 10.00. The number of carboxylic acid groups (broad SMARTS) is 2. The summed E-state index contributed by atoms with van der Waals surface area (Å²) in [7, 11) is 0. The topological polar surface area (TPSA) is 121 Å². The van der Waals surface area contributed by atoms with Gasteiger partial charge in [0, 0.05) is 23.2 Å². The lowest BCUT2D eigenvalue weighted by molar-refractivity contribution is 0.0686. The Labute approximate surface area is 171 Å². The molecule has 0 bridgehead atoms. The van der Waals surface area contributed by atoms with E-state index in [1.165, 1.54) is 42.5 Å². The molecule has 1 amide bonds. The Morgan fingerprint density at radius 3 is 1.77 bits per heavy atom. The number of carboxylic acids is 2. The van der Waals surface area contributed by atoms with Gasteiger partial charge in [0.2, 0.25) is 0 Å². The third kappa shape index (κ3) is 4.96. The molecule has 3 N–H and O–H groups in total. The first-order chi connectivity index (χ1) is 14.3. The molecule has 0 saturated heterocycles. The number of amides is 1. The van der Waals surface area contributed by atoms with Gasteiger partial charge >= 0.3 is 11.9 Å². The summed E-state index contributed by atoms with van der Waals surface area (Å²) in [6.45, 7) is 0. The number of hydrogen-bond donors (Lipinski definition) is 3. The van der Waals surface area contributed by atoms with Gasteiger partial charge in [-0.15, -0.1) is 0 Å². The second-order valence-corrected chi connectivity index (χ2v) is 6.52. The van der Waals surface area contributed by atoms with Gasteiger partial charge in [-0.05, 0) is 54.1 Å². The molecule has 0 radical (unpaired) electrons. The van der Waals surface area contributed by atoms with Crippen LogP contribution in [-0.4, -0.2) is 33.8 Å². The van der Waals surface area contributed by atoms with Crippen LogP contribution < -0.4 is 5.32 Å². The summed E-state index contributed by atoms with van der Waals surface area (Å²) in [5.41, 5.74) is 1.98. The van der Waals surface area contributed by atoms with Gasteiger partial charge in [0.05, 0.1) is 11.1 Å². The molecule has 0 aliphatic carbocycles. The number of anilines is 1. The molecule has 3 rings (SSSR count). The number of Topliss-reactive ketones (excluding diaryl/α,β-unsaturated/α-hetero) is 1. The van der Waals surface area contributed by atoms with Crippen molar-refractivity contribution in [3.05, 3.63) is 101 Å². The fraction of sp³-hybridized carbons (Fsp3) is 0.0435. The molecular weight excluding hydrogens is 386 g/mol. The van der Waals surface area contributed by atoms with Crippen LogP contribution in [0.5, 0.6) is 0 Å². The van der Waals surface area contributed by atoms with E-state index in [0.717, 1.165) is 0 Å². The maximum atomic E-state index is 12.6. The van der Waals surface area contributed by atoms with Crippen molar-refractivity contribution in [2.45, 2.75) is 6.42 Å². The highest BCUT2D eigenvalue weighted by molar-refractivity contribution is 6.06. The Kier molecular flexibility index (Phi) is 6.03. The number of benzene rings is 3. The van der Waals surface area contributed by atoms with E-state index in [1.807, 2.05) is 0 Å². The molecule has 0 aromatic heterocycles. The molecule has 150 valence electrons. The van der Waals surface area contributed by atoms with E-state index >= 15 is 0 Å². The molecule has 0 saturated carbocycles. The van der Waals surface area contributed by atoms with Gasteiger partial charge in [-0.3, -0.25) is 9.59 Å². The fourth-order valence-electron chi connectivity index (χ4n) is 2.79. The van der Waals surface area contributed by atoms with Gasteiger partial charge in [0.15, 0.2) is 5.78 Å². The Hall–Kier alpha value is -4.26. The molecule has 7 heteroatoms. The zero-order chi connectivity index (χ0) is 21.7. The monoisotopic (exact) mass is 403 g/mol. The molecule has 3 aromatic carbocycles. The highest BCUT2D eigenvalue weighted by Gasteiger charge is 2.12. The quantitative estimate of drug-likeness (QED) is 0.517. The van der Waals surface area contributed by atoms with Crippen LogP contribution in [0.1, 0.15) is 47.0 Å². The van der Waals surface area contributed by atoms with Crippen molar-refractivity contribution in [3.63, 3.8) is 0 Å². The second-order valence-electron chi connectivity index (χ2n) is 6.52. The summed E-state index contributed by atoms with van der Waals surface area (Å²) in [6.07, 6.45) is 0.0711. The summed E-state index contributed by atoms with van der Waals surface area (Å²) in [5, 5.41) is 20.5. The van der Waals surface area contributed by atoms with Crippen molar-refractivity contribution >= 4 is 29.3 Å². The Bertz CT molecular complexity index is 1030. The molecule has 0 aliphatic rings. The minimum absolute atomic E-state index is 0.0711. The van der Waals surface area contributed by atoms with Crippen LogP contribution in [0.2, 0.25) is 0 Å². The normalized spacial score (nSPS) is 10.3. The molecule has 0 aliphatic heterocycles. The molecule has 0 spiro atoms. The molecule has 0 fully saturated rings.